The summed E-state index contributed by atoms with van der Waals surface area (Å²) in [7, 11) is 1.64. The van der Waals surface area contributed by atoms with Gasteiger partial charge in [-0.2, -0.15) is 0 Å². The summed E-state index contributed by atoms with van der Waals surface area (Å²) in [4.78, 5) is 0. The molecule has 0 heterocycles. The fourth-order valence-corrected chi connectivity index (χ4v) is 2.40. The van der Waals surface area contributed by atoms with Crippen LogP contribution >= 0.6 is 11.6 Å². The molecule has 0 amide bonds. The van der Waals surface area contributed by atoms with Gasteiger partial charge in [-0.15, -0.1) is 11.6 Å². The van der Waals surface area contributed by atoms with Gasteiger partial charge in [-0.1, -0.05) is 19.1 Å². The summed E-state index contributed by atoms with van der Waals surface area (Å²) in [6.07, 6.45) is 1.81. The summed E-state index contributed by atoms with van der Waals surface area (Å²) in [6.45, 7) is 2.80. The van der Waals surface area contributed by atoms with Crippen molar-refractivity contribution < 1.29 is 14.2 Å². The Kier molecular flexibility index (Phi) is 4.72. The predicted molar refractivity (Wildman–Crippen MR) is 71.7 cm³/mol. The highest BCUT2D eigenvalue weighted by molar-refractivity contribution is 6.21. The summed E-state index contributed by atoms with van der Waals surface area (Å²) in [6, 6.07) is 7.63. The molecule has 1 aromatic carbocycles. The number of rotatable bonds is 6. The van der Waals surface area contributed by atoms with Crippen molar-refractivity contribution in [1.82, 2.24) is 0 Å². The van der Waals surface area contributed by atoms with Crippen LogP contribution in [0.25, 0.3) is 0 Å². The van der Waals surface area contributed by atoms with E-state index in [0.29, 0.717) is 0 Å². The standard InChI is InChI=1S/C14H19ClO3/c1-3-8-17-14-10(15)9-13(14)18-12-7-5-4-6-11(12)16-2/h4-7,10,13-14H,3,8-9H2,1-2H3. The molecule has 1 aliphatic rings. The fraction of sp³-hybridized carbons (Fsp3) is 0.571. The van der Waals surface area contributed by atoms with E-state index in [1.807, 2.05) is 24.3 Å². The van der Waals surface area contributed by atoms with Gasteiger partial charge in [-0.3, -0.25) is 0 Å². The molecule has 1 fully saturated rings. The number of hydrogen-bond donors (Lipinski definition) is 0. The lowest BCUT2D eigenvalue weighted by Gasteiger charge is -2.40. The Bertz CT molecular complexity index is 383. The van der Waals surface area contributed by atoms with E-state index in [4.69, 9.17) is 25.8 Å². The molecule has 0 aromatic heterocycles. The van der Waals surface area contributed by atoms with Crippen LogP contribution in [0.4, 0.5) is 0 Å². The normalized spacial score (nSPS) is 26.5. The summed E-state index contributed by atoms with van der Waals surface area (Å²) >= 11 is 6.15. The average molecular weight is 271 g/mol. The minimum absolute atomic E-state index is 0.0171. The van der Waals surface area contributed by atoms with E-state index in [1.54, 1.807) is 7.11 Å². The number of ether oxygens (including phenoxy) is 3. The van der Waals surface area contributed by atoms with Crippen molar-refractivity contribution in [1.29, 1.82) is 0 Å². The fourth-order valence-electron chi connectivity index (χ4n) is 1.99. The van der Waals surface area contributed by atoms with E-state index in [2.05, 4.69) is 6.92 Å². The van der Waals surface area contributed by atoms with Gasteiger partial charge in [0.2, 0.25) is 0 Å². The monoisotopic (exact) mass is 270 g/mol. The van der Waals surface area contributed by atoms with E-state index in [-0.39, 0.29) is 17.6 Å². The SMILES string of the molecule is CCCOC1C(Cl)CC1Oc1ccccc1OC. The Hall–Kier alpha value is -0.930. The van der Waals surface area contributed by atoms with Crippen LogP contribution < -0.4 is 9.47 Å². The second-order valence-electron chi connectivity index (χ2n) is 4.39. The molecule has 100 valence electrons. The van der Waals surface area contributed by atoms with Gasteiger partial charge in [0.25, 0.3) is 0 Å². The van der Waals surface area contributed by atoms with Crippen molar-refractivity contribution in [2.24, 2.45) is 0 Å². The van der Waals surface area contributed by atoms with Crippen LogP contribution in [0.5, 0.6) is 11.5 Å². The number of benzene rings is 1. The molecule has 0 spiro atoms. The molecule has 4 heteroatoms. The summed E-state index contributed by atoms with van der Waals surface area (Å²) in [5, 5.41) is 0.0521. The first-order valence-electron chi connectivity index (χ1n) is 6.31. The molecular formula is C14H19ClO3. The summed E-state index contributed by atoms with van der Waals surface area (Å²) in [5.41, 5.74) is 0. The second-order valence-corrected chi connectivity index (χ2v) is 4.95. The number of methoxy groups -OCH3 is 1. The summed E-state index contributed by atoms with van der Waals surface area (Å²) < 4.78 is 16.9. The van der Waals surface area contributed by atoms with Crippen molar-refractivity contribution in [3.63, 3.8) is 0 Å². The summed E-state index contributed by atoms with van der Waals surface area (Å²) in [5.74, 6) is 1.49. The number of alkyl halides is 1. The number of halogens is 1. The largest absolute Gasteiger partial charge is 0.493 e. The van der Waals surface area contributed by atoms with E-state index in [1.165, 1.54) is 0 Å². The van der Waals surface area contributed by atoms with Crippen molar-refractivity contribution in [3.05, 3.63) is 24.3 Å². The van der Waals surface area contributed by atoms with Gasteiger partial charge in [-0.25, -0.2) is 0 Å². The predicted octanol–water partition coefficient (Wildman–Crippen LogP) is 3.25. The Morgan fingerprint density at radius 2 is 2.00 bits per heavy atom. The Morgan fingerprint density at radius 3 is 2.61 bits per heavy atom. The first-order chi connectivity index (χ1) is 8.76. The topological polar surface area (TPSA) is 27.7 Å². The zero-order valence-electron chi connectivity index (χ0n) is 10.8. The van der Waals surface area contributed by atoms with Gasteiger partial charge < -0.3 is 14.2 Å². The molecule has 0 radical (unpaired) electrons. The molecule has 1 saturated carbocycles. The van der Waals surface area contributed by atoms with Gasteiger partial charge in [0, 0.05) is 13.0 Å². The van der Waals surface area contributed by atoms with E-state index >= 15 is 0 Å². The van der Waals surface area contributed by atoms with Gasteiger partial charge in [0.1, 0.15) is 12.2 Å². The van der Waals surface area contributed by atoms with E-state index in [9.17, 15) is 0 Å². The van der Waals surface area contributed by atoms with Gasteiger partial charge in [-0.05, 0) is 18.6 Å². The third-order valence-electron chi connectivity index (χ3n) is 3.04. The van der Waals surface area contributed by atoms with Crippen LogP contribution in [0.15, 0.2) is 24.3 Å². The molecule has 3 atom stereocenters. The quantitative estimate of drug-likeness (QED) is 0.743. The van der Waals surface area contributed by atoms with Crippen molar-refractivity contribution in [3.8, 4) is 11.5 Å². The number of hydrogen-bond acceptors (Lipinski definition) is 3. The number of para-hydroxylation sites is 2. The Balaban J connectivity index is 1.96. The zero-order valence-corrected chi connectivity index (χ0v) is 11.5. The lowest BCUT2D eigenvalue weighted by Crippen LogP contribution is -2.52. The average Bonchev–Trinajstić information content (AvgIpc) is 2.39. The maximum absolute atomic E-state index is 6.15. The molecule has 18 heavy (non-hydrogen) atoms. The van der Waals surface area contributed by atoms with Crippen LogP contribution in [0.1, 0.15) is 19.8 Å². The van der Waals surface area contributed by atoms with E-state index in [0.717, 1.165) is 30.9 Å². The molecule has 0 N–H and O–H groups in total. The smallest absolute Gasteiger partial charge is 0.161 e. The Labute approximate surface area is 113 Å². The highest BCUT2D eigenvalue weighted by Crippen LogP contribution is 2.36. The van der Waals surface area contributed by atoms with Gasteiger partial charge in [0.15, 0.2) is 11.5 Å². The van der Waals surface area contributed by atoms with Crippen LogP contribution in [0, 0.1) is 0 Å². The minimum atomic E-state index is -0.0171. The third kappa shape index (κ3) is 2.90. The lowest BCUT2D eigenvalue weighted by molar-refractivity contribution is -0.0803. The molecule has 1 aromatic rings. The molecule has 2 rings (SSSR count). The maximum Gasteiger partial charge on any atom is 0.161 e. The molecule has 1 aliphatic carbocycles. The highest BCUT2D eigenvalue weighted by Gasteiger charge is 2.43. The van der Waals surface area contributed by atoms with E-state index < -0.39 is 0 Å². The minimum Gasteiger partial charge on any atom is -0.493 e. The van der Waals surface area contributed by atoms with Crippen molar-refractivity contribution in [2.75, 3.05) is 13.7 Å². The highest BCUT2D eigenvalue weighted by atomic mass is 35.5. The first kappa shape index (κ1) is 13.5. The maximum atomic E-state index is 6.15. The van der Waals surface area contributed by atoms with Crippen LogP contribution in [0.3, 0.4) is 0 Å². The van der Waals surface area contributed by atoms with Crippen LogP contribution in [0.2, 0.25) is 0 Å². The zero-order chi connectivity index (χ0) is 13.0. The van der Waals surface area contributed by atoms with Crippen LogP contribution in [-0.2, 0) is 4.74 Å². The molecule has 0 bridgehead atoms. The molecule has 0 saturated heterocycles. The molecule has 0 aliphatic heterocycles. The van der Waals surface area contributed by atoms with Crippen molar-refractivity contribution >= 4 is 11.6 Å². The Morgan fingerprint density at radius 1 is 1.28 bits per heavy atom. The van der Waals surface area contributed by atoms with Gasteiger partial charge >= 0.3 is 0 Å². The van der Waals surface area contributed by atoms with Crippen LogP contribution in [-0.4, -0.2) is 31.3 Å². The molecule has 3 unspecified atom stereocenters. The first-order valence-corrected chi connectivity index (χ1v) is 6.75. The third-order valence-corrected chi connectivity index (χ3v) is 3.47. The molecular weight excluding hydrogens is 252 g/mol. The second kappa shape index (κ2) is 6.30. The lowest BCUT2D eigenvalue weighted by atomic mass is 9.91. The van der Waals surface area contributed by atoms with Crippen molar-refractivity contribution in [2.45, 2.75) is 37.4 Å². The van der Waals surface area contributed by atoms with Gasteiger partial charge in [0.05, 0.1) is 12.5 Å². The molecule has 3 nitrogen and oxygen atoms in total.